The number of aromatic amines is 1. The highest BCUT2D eigenvalue weighted by Crippen LogP contribution is 2.22. The first-order valence-corrected chi connectivity index (χ1v) is 7.33. The standard InChI is InChI=1S/C16H14F3N5O/c17-16(18,19)10-25-14-4-3-13(9-22-14)21-7-12-8-23-24-15(12)11-2-1-5-20-6-11/h1-6,8-9,21H,7,10H2,(H,23,24). The molecule has 0 amide bonds. The highest BCUT2D eigenvalue weighted by atomic mass is 19.4. The summed E-state index contributed by atoms with van der Waals surface area (Å²) >= 11 is 0. The fourth-order valence-electron chi connectivity index (χ4n) is 2.13. The first-order valence-electron chi connectivity index (χ1n) is 7.33. The summed E-state index contributed by atoms with van der Waals surface area (Å²) in [7, 11) is 0. The van der Waals surface area contributed by atoms with E-state index in [2.05, 4.69) is 30.2 Å². The molecule has 0 aromatic carbocycles. The van der Waals surface area contributed by atoms with Gasteiger partial charge in [0.05, 0.1) is 23.8 Å². The van der Waals surface area contributed by atoms with Crippen LogP contribution in [0, 0.1) is 0 Å². The number of pyridine rings is 2. The van der Waals surface area contributed by atoms with Crippen molar-refractivity contribution in [3.63, 3.8) is 0 Å². The Labute approximate surface area is 141 Å². The van der Waals surface area contributed by atoms with Crippen LogP contribution in [0.4, 0.5) is 18.9 Å². The Morgan fingerprint density at radius 3 is 2.68 bits per heavy atom. The Morgan fingerprint density at radius 1 is 1.12 bits per heavy atom. The van der Waals surface area contributed by atoms with E-state index < -0.39 is 12.8 Å². The molecule has 9 heteroatoms. The zero-order chi connectivity index (χ0) is 17.7. The van der Waals surface area contributed by atoms with Crippen LogP contribution in [0.2, 0.25) is 0 Å². The second kappa shape index (κ2) is 7.20. The van der Waals surface area contributed by atoms with E-state index in [1.807, 2.05) is 12.1 Å². The molecule has 25 heavy (non-hydrogen) atoms. The number of hydrogen-bond donors (Lipinski definition) is 2. The zero-order valence-electron chi connectivity index (χ0n) is 12.9. The first kappa shape index (κ1) is 16.7. The number of hydrogen-bond acceptors (Lipinski definition) is 5. The van der Waals surface area contributed by atoms with Gasteiger partial charge < -0.3 is 10.1 Å². The summed E-state index contributed by atoms with van der Waals surface area (Å²) in [6.45, 7) is -0.901. The number of H-pyrrole nitrogens is 1. The Kier molecular flexibility index (Phi) is 4.82. The number of rotatable bonds is 6. The van der Waals surface area contributed by atoms with Gasteiger partial charge in [-0.15, -0.1) is 0 Å². The third kappa shape index (κ3) is 4.69. The van der Waals surface area contributed by atoms with E-state index in [-0.39, 0.29) is 5.88 Å². The highest BCUT2D eigenvalue weighted by molar-refractivity contribution is 5.62. The molecule has 3 aromatic rings. The van der Waals surface area contributed by atoms with Crippen LogP contribution in [0.5, 0.6) is 5.88 Å². The minimum atomic E-state index is -4.39. The van der Waals surface area contributed by atoms with Gasteiger partial charge in [0.15, 0.2) is 6.61 Å². The summed E-state index contributed by atoms with van der Waals surface area (Å²) in [4.78, 5) is 7.92. The maximum atomic E-state index is 12.1. The smallest absolute Gasteiger partial charge is 0.422 e. The molecule has 0 unspecified atom stereocenters. The fraction of sp³-hybridized carbons (Fsp3) is 0.188. The van der Waals surface area contributed by atoms with Crippen LogP contribution in [0.15, 0.2) is 49.1 Å². The van der Waals surface area contributed by atoms with Crippen molar-refractivity contribution in [2.75, 3.05) is 11.9 Å². The van der Waals surface area contributed by atoms with Gasteiger partial charge in [-0.2, -0.15) is 18.3 Å². The van der Waals surface area contributed by atoms with Gasteiger partial charge in [0.1, 0.15) is 0 Å². The molecule has 0 atom stereocenters. The summed E-state index contributed by atoms with van der Waals surface area (Å²) in [5.74, 6) is -0.0813. The number of anilines is 1. The lowest BCUT2D eigenvalue weighted by atomic mass is 10.1. The summed E-state index contributed by atoms with van der Waals surface area (Å²) in [6, 6.07) is 6.73. The third-order valence-corrected chi connectivity index (χ3v) is 3.27. The molecule has 3 heterocycles. The van der Waals surface area contributed by atoms with Gasteiger partial charge in [-0.05, 0) is 18.2 Å². The summed E-state index contributed by atoms with van der Waals surface area (Å²) in [5.41, 5.74) is 3.33. The van der Waals surface area contributed by atoms with Crippen LogP contribution in [-0.2, 0) is 6.54 Å². The van der Waals surface area contributed by atoms with E-state index in [1.165, 1.54) is 12.3 Å². The van der Waals surface area contributed by atoms with Crippen LogP contribution < -0.4 is 10.1 Å². The van der Waals surface area contributed by atoms with Gasteiger partial charge in [0.2, 0.25) is 5.88 Å². The van der Waals surface area contributed by atoms with Crippen molar-refractivity contribution in [2.24, 2.45) is 0 Å². The van der Waals surface area contributed by atoms with Gasteiger partial charge in [0.25, 0.3) is 0 Å². The molecule has 3 aromatic heterocycles. The Hall–Kier alpha value is -3.10. The predicted molar refractivity (Wildman–Crippen MR) is 84.9 cm³/mol. The Bertz CT molecular complexity index is 803. The van der Waals surface area contributed by atoms with Gasteiger partial charge in [-0.1, -0.05) is 0 Å². The maximum Gasteiger partial charge on any atom is 0.422 e. The van der Waals surface area contributed by atoms with Crippen molar-refractivity contribution in [1.82, 2.24) is 20.2 Å². The van der Waals surface area contributed by atoms with Crippen molar-refractivity contribution in [1.29, 1.82) is 0 Å². The van der Waals surface area contributed by atoms with Crippen molar-refractivity contribution >= 4 is 5.69 Å². The van der Waals surface area contributed by atoms with E-state index in [4.69, 9.17) is 0 Å². The van der Waals surface area contributed by atoms with Crippen molar-refractivity contribution in [3.05, 3.63) is 54.6 Å². The minimum Gasteiger partial charge on any atom is -0.468 e. The molecule has 6 nitrogen and oxygen atoms in total. The van der Waals surface area contributed by atoms with Gasteiger partial charge in [-0.25, -0.2) is 4.98 Å². The second-order valence-corrected chi connectivity index (χ2v) is 5.15. The predicted octanol–water partition coefficient (Wildman–Crippen LogP) is 3.42. The number of nitrogens with one attached hydrogen (secondary N) is 2. The average molecular weight is 349 g/mol. The minimum absolute atomic E-state index is 0.0813. The topological polar surface area (TPSA) is 75.7 Å². The number of aromatic nitrogens is 4. The van der Waals surface area contributed by atoms with E-state index >= 15 is 0 Å². The zero-order valence-corrected chi connectivity index (χ0v) is 12.9. The molecule has 2 N–H and O–H groups in total. The van der Waals surface area contributed by atoms with E-state index in [0.29, 0.717) is 12.2 Å². The van der Waals surface area contributed by atoms with E-state index in [9.17, 15) is 13.2 Å². The molecule has 130 valence electrons. The number of alkyl halides is 3. The van der Waals surface area contributed by atoms with Crippen LogP contribution in [0.3, 0.4) is 0 Å². The molecule has 0 radical (unpaired) electrons. The molecule has 0 fully saturated rings. The molecule has 3 rings (SSSR count). The molecule has 0 saturated carbocycles. The van der Waals surface area contributed by atoms with Crippen LogP contribution in [-0.4, -0.2) is 32.9 Å². The lowest BCUT2D eigenvalue weighted by Crippen LogP contribution is -2.19. The molecule has 0 saturated heterocycles. The third-order valence-electron chi connectivity index (χ3n) is 3.27. The normalized spacial score (nSPS) is 11.3. The number of ether oxygens (including phenoxy) is 1. The molecule has 0 aliphatic heterocycles. The van der Waals surface area contributed by atoms with Crippen LogP contribution >= 0.6 is 0 Å². The lowest BCUT2D eigenvalue weighted by molar-refractivity contribution is -0.154. The molecular formula is C16H14F3N5O. The quantitative estimate of drug-likeness (QED) is 0.713. The van der Waals surface area contributed by atoms with E-state index in [0.717, 1.165) is 16.8 Å². The van der Waals surface area contributed by atoms with Gasteiger partial charge >= 0.3 is 6.18 Å². The monoisotopic (exact) mass is 349 g/mol. The van der Waals surface area contributed by atoms with Crippen molar-refractivity contribution in [3.8, 4) is 17.1 Å². The lowest BCUT2D eigenvalue weighted by Gasteiger charge is -2.10. The van der Waals surface area contributed by atoms with Gasteiger partial charge in [0, 0.05) is 36.1 Å². The Balaban J connectivity index is 1.60. The molecule has 0 aliphatic rings. The molecule has 0 spiro atoms. The van der Waals surface area contributed by atoms with Crippen LogP contribution in [0.25, 0.3) is 11.3 Å². The first-order chi connectivity index (χ1) is 12.0. The Morgan fingerprint density at radius 2 is 2.00 bits per heavy atom. The molecule has 0 bridgehead atoms. The second-order valence-electron chi connectivity index (χ2n) is 5.15. The van der Waals surface area contributed by atoms with Crippen molar-refractivity contribution < 1.29 is 17.9 Å². The van der Waals surface area contributed by atoms with Crippen molar-refractivity contribution in [2.45, 2.75) is 12.7 Å². The SMILES string of the molecule is FC(F)(F)COc1ccc(NCc2cn[nH]c2-c2cccnc2)cn1. The summed E-state index contributed by atoms with van der Waals surface area (Å²) in [5, 5.41) is 10.1. The fourth-order valence-corrected chi connectivity index (χ4v) is 2.13. The maximum absolute atomic E-state index is 12.1. The molecular weight excluding hydrogens is 335 g/mol. The largest absolute Gasteiger partial charge is 0.468 e. The summed E-state index contributed by atoms with van der Waals surface area (Å²) in [6.07, 6.45) is 2.14. The van der Waals surface area contributed by atoms with Crippen LogP contribution in [0.1, 0.15) is 5.56 Å². The average Bonchev–Trinajstić information content (AvgIpc) is 3.08. The number of halogens is 3. The van der Waals surface area contributed by atoms with E-state index in [1.54, 1.807) is 24.7 Å². The highest BCUT2D eigenvalue weighted by Gasteiger charge is 2.28. The molecule has 0 aliphatic carbocycles. The summed E-state index contributed by atoms with van der Waals surface area (Å²) < 4.78 is 40.9. The van der Waals surface area contributed by atoms with Gasteiger partial charge in [-0.3, -0.25) is 10.1 Å². The number of nitrogens with zero attached hydrogens (tertiary/aromatic N) is 3.